The van der Waals surface area contributed by atoms with Crippen LogP contribution in [-0.2, 0) is 32.9 Å². The second-order valence-corrected chi connectivity index (χ2v) is 18.7. The van der Waals surface area contributed by atoms with Crippen LogP contribution in [0.2, 0.25) is 39.3 Å². The normalized spacial score (nSPS) is 23.9. The monoisotopic (exact) mass is 434 g/mol. The van der Waals surface area contributed by atoms with Gasteiger partial charge in [-0.1, -0.05) is 48.5 Å². The molecule has 6 heteroatoms. The minimum atomic E-state index is -2.29. The number of nitriles is 2. The van der Waals surface area contributed by atoms with Crippen LogP contribution in [0.4, 0.5) is 0 Å². The topological polar surface area (TPSA) is 66.0 Å². The van der Waals surface area contributed by atoms with Gasteiger partial charge in [0.2, 0.25) is 11.2 Å². The molecule has 3 rings (SSSR count). The van der Waals surface area contributed by atoms with E-state index >= 15 is 0 Å². The second kappa shape index (κ2) is 7.79. The van der Waals surface area contributed by atoms with Crippen molar-refractivity contribution in [2.24, 2.45) is 0 Å². The molecular weight excluding hydrogens is 404 g/mol. The summed E-state index contributed by atoms with van der Waals surface area (Å²) in [6.07, 6.45) is 1.56. The molecule has 1 aliphatic rings. The maximum absolute atomic E-state index is 10.8. The zero-order valence-corrected chi connectivity index (χ0v) is 20.7. The Morgan fingerprint density at radius 1 is 0.667 bits per heavy atom. The Hall–Kier alpha value is -2.23. The van der Waals surface area contributed by atoms with Crippen LogP contribution in [0.1, 0.15) is 22.3 Å². The molecule has 0 radical (unpaired) electrons. The molecule has 0 amide bonds. The van der Waals surface area contributed by atoms with E-state index in [2.05, 4.69) is 51.4 Å². The van der Waals surface area contributed by atoms with Crippen LogP contribution in [0.15, 0.2) is 48.5 Å². The molecular formula is C24H30N2O2Si2. The van der Waals surface area contributed by atoms with Crippen molar-refractivity contribution in [2.45, 2.75) is 63.3 Å². The highest BCUT2D eigenvalue weighted by atomic mass is 28.4. The average Bonchev–Trinajstić information content (AvgIpc) is 2.67. The van der Waals surface area contributed by atoms with E-state index in [1.54, 1.807) is 0 Å². The Kier molecular flexibility index (Phi) is 5.83. The summed E-state index contributed by atoms with van der Waals surface area (Å²) >= 11 is 0. The smallest absolute Gasteiger partial charge is 0.217 e. The molecule has 1 aliphatic carbocycles. The Bertz CT molecular complexity index is 943. The van der Waals surface area contributed by atoms with Crippen LogP contribution in [0.5, 0.6) is 0 Å². The molecule has 4 nitrogen and oxygen atoms in total. The fourth-order valence-corrected chi connectivity index (χ4v) is 6.74. The molecule has 0 unspecified atom stereocenters. The molecule has 30 heavy (non-hydrogen) atoms. The van der Waals surface area contributed by atoms with E-state index in [9.17, 15) is 10.5 Å². The van der Waals surface area contributed by atoms with E-state index in [1.165, 1.54) is 0 Å². The van der Waals surface area contributed by atoms with Gasteiger partial charge in [-0.3, -0.25) is 0 Å². The van der Waals surface area contributed by atoms with Crippen molar-refractivity contribution in [1.82, 2.24) is 0 Å². The van der Waals surface area contributed by atoms with Crippen molar-refractivity contribution in [3.8, 4) is 12.1 Å². The van der Waals surface area contributed by atoms with Crippen molar-refractivity contribution >= 4 is 16.6 Å². The van der Waals surface area contributed by atoms with Crippen LogP contribution >= 0.6 is 0 Å². The maximum atomic E-state index is 10.8. The average molecular weight is 435 g/mol. The fraction of sp³-hybridized carbons (Fsp3) is 0.417. The predicted molar refractivity (Wildman–Crippen MR) is 124 cm³/mol. The summed E-state index contributed by atoms with van der Waals surface area (Å²) < 4.78 is 13.5. The first-order valence-electron chi connectivity index (χ1n) is 10.4. The third kappa shape index (κ3) is 3.89. The molecule has 2 aromatic carbocycles. The molecule has 0 saturated heterocycles. The molecule has 0 spiro atoms. The highest BCUT2D eigenvalue weighted by molar-refractivity contribution is 6.70. The first kappa shape index (κ1) is 22.5. The molecule has 2 aromatic rings. The van der Waals surface area contributed by atoms with Gasteiger partial charge >= 0.3 is 0 Å². The zero-order chi connectivity index (χ0) is 22.2. The standard InChI is InChI=1S/C24H30N2O2Si2/c1-29(2,3)27-23(17-25)21-13-9-7-11-19(21)15-16-20-12-8-10-14-22(20)24(23,18-26)28-30(4,5)6/h7-14H,15-16H2,1-6H3/t23-,24-/m1/s1. The fourth-order valence-electron chi connectivity index (χ4n) is 4.31. The molecule has 0 fully saturated rings. The van der Waals surface area contributed by atoms with Gasteiger partial charge < -0.3 is 8.85 Å². The summed E-state index contributed by atoms with van der Waals surface area (Å²) in [6.45, 7) is 12.3. The van der Waals surface area contributed by atoms with E-state index < -0.39 is 27.8 Å². The van der Waals surface area contributed by atoms with Gasteiger partial charge in [0.05, 0.1) is 0 Å². The number of hydrogen-bond acceptors (Lipinski definition) is 4. The lowest BCUT2D eigenvalue weighted by Crippen LogP contribution is -2.59. The lowest BCUT2D eigenvalue weighted by Gasteiger charge is -2.49. The Balaban J connectivity index is 2.51. The van der Waals surface area contributed by atoms with E-state index in [1.807, 2.05) is 48.5 Å². The van der Waals surface area contributed by atoms with Gasteiger partial charge in [0.15, 0.2) is 16.6 Å². The number of aryl methyl sites for hydroxylation is 2. The minimum Gasteiger partial charge on any atom is -0.393 e. The maximum Gasteiger partial charge on any atom is 0.217 e. The Morgan fingerprint density at radius 3 is 1.30 bits per heavy atom. The van der Waals surface area contributed by atoms with Crippen LogP contribution in [0, 0.1) is 22.7 Å². The highest BCUT2D eigenvalue weighted by Gasteiger charge is 2.62. The first-order chi connectivity index (χ1) is 14.0. The third-order valence-corrected chi connectivity index (χ3v) is 7.02. The van der Waals surface area contributed by atoms with Gasteiger partial charge in [0.1, 0.15) is 12.1 Å². The number of nitrogens with zero attached hydrogens (tertiary/aromatic N) is 2. The minimum absolute atomic E-state index is 0.754. The highest BCUT2D eigenvalue weighted by Crippen LogP contribution is 2.51. The van der Waals surface area contributed by atoms with Crippen LogP contribution in [0.3, 0.4) is 0 Å². The molecule has 0 aromatic heterocycles. The predicted octanol–water partition coefficient (Wildman–Crippen LogP) is 5.63. The van der Waals surface area contributed by atoms with E-state index in [0.717, 1.165) is 35.1 Å². The van der Waals surface area contributed by atoms with Gasteiger partial charge in [-0.15, -0.1) is 0 Å². The van der Waals surface area contributed by atoms with Gasteiger partial charge in [-0.05, 0) is 63.3 Å². The first-order valence-corrected chi connectivity index (χ1v) is 17.2. The third-order valence-electron chi connectivity index (χ3n) is 5.19. The van der Waals surface area contributed by atoms with Crippen LogP contribution in [-0.4, -0.2) is 16.6 Å². The molecule has 0 aliphatic heterocycles. The number of fused-ring (bicyclic) bond motifs is 2. The van der Waals surface area contributed by atoms with Gasteiger partial charge in [-0.2, -0.15) is 10.5 Å². The summed E-state index contributed by atoms with van der Waals surface area (Å²) in [6, 6.07) is 20.7. The zero-order valence-electron chi connectivity index (χ0n) is 18.7. The quantitative estimate of drug-likeness (QED) is 0.585. The van der Waals surface area contributed by atoms with Gasteiger partial charge in [-0.25, -0.2) is 0 Å². The second-order valence-electron chi connectivity index (χ2n) is 9.83. The Morgan fingerprint density at radius 2 is 1.00 bits per heavy atom. The molecule has 0 saturated carbocycles. The van der Waals surface area contributed by atoms with Crippen LogP contribution in [0.25, 0.3) is 0 Å². The molecule has 0 bridgehead atoms. The largest absolute Gasteiger partial charge is 0.393 e. The van der Waals surface area contributed by atoms with Crippen LogP contribution < -0.4 is 0 Å². The molecule has 2 atom stereocenters. The van der Waals surface area contributed by atoms with Gasteiger partial charge in [0.25, 0.3) is 0 Å². The van der Waals surface area contributed by atoms with Crippen molar-refractivity contribution in [2.75, 3.05) is 0 Å². The Labute approximate surface area is 182 Å². The van der Waals surface area contributed by atoms with Crippen molar-refractivity contribution in [3.63, 3.8) is 0 Å². The van der Waals surface area contributed by atoms with E-state index in [4.69, 9.17) is 8.85 Å². The van der Waals surface area contributed by atoms with Crippen molar-refractivity contribution in [3.05, 3.63) is 70.8 Å². The molecule has 156 valence electrons. The van der Waals surface area contributed by atoms with Gasteiger partial charge in [0, 0.05) is 11.1 Å². The summed E-state index contributed by atoms with van der Waals surface area (Å²) in [5.74, 6) is 0. The molecule has 0 heterocycles. The van der Waals surface area contributed by atoms with E-state index in [-0.39, 0.29) is 0 Å². The number of rotatable bonds is 4. The number of benzene rings is 2. The summed E-state index contributed by atoms with van der Waals surface area (Å²) in [5, 5.41) is 21.6. The lowest BCUT2D eigenvalue weighted by atomic mass is 9.70. The van der Waals surface area contributed by atoms with Crippen molar-refractivity contribution in [1.29, 1.82) is 10.5 Å². The van der Waals surface area contributed by atoms with Crippen molar-refractivity contribution < 1.29 is 8.85 Å². The SMILES string of the molecule is C[Si](C)(C)O[C@]1(C#N)c2ccccc2CCc2ccccc2[C@@]1(C#N)O[Si](C)(C)C. The summed E-state index contributed by atoms with van der Waals surface area (Å²) in [4.78, 5) is 0. The number of hydrogen-bond donors (Lipinski definition) is 0. The van der Waals surface area contributed by atoms with E-state index in [0.29, 0.717) is 0 Å². The summed E-state index contributed by atoms with van der Waals surface area (Å²) in [7, 11) is -4.57. The lowest BCUT2D eigenvalue weighted by molar-refractivity contribution is -0.0682. The molecule has 0 N–H and O–H groups in total. The summed E-state index contributed by atoms with van der Waals surface area (Å²) in [5.41, 5.74) is 0.462.